The number of likely N-dealkylation sites (tertiary alicyclic amines) is 1. The number of amides is 2. The van der Waals surface area contributed by atoms with Crippen molar-refractivity contribution in [2.24, 2.45) is 5.92 Å². The van der Waals surface area contributed by atoms with Crippen LogP contribution in [0.3, 0.4) is 0 Å². The molecule has 2 amide bonds. The lowest BCUT2D eigenvalue weighted by Gasteiger charge is -2.40. The average Bonchev–Trinajstić information content (AvgIpc) is 3.00. The third-order valence-electron chi connectivity index (χ3n) is 8.09. The van der Waals surface area contributed by atoms with Crippen LogP contribution in [0.15, 0.2) is 77.3 Å². The van der Waals surface area contributed by atoms with Gasteiger partial charge in [0.1, 0.15) is 5.75 Å². The Morgan fingerprint density at radius 2 is 1.61 bits per heavy atom. The van der Waals surface area contributed by atoms with Gasteiger partial charge in [-0.05, 0) is 78.8 Å². The third kappa shape index (κ3) is 8.66. The van der Waals surface area contributed by atoms with Crippen molar-refractivity contribution in [3.63, 3.8) is 0 Å². The largest absolute Gasteiger partial charge is 0.497 e. The van der Waals surface area contributed by atoms with Gasteiger partial charge in [0.2, 0.25) is 5.91 Å². The number of carbonyl (C=O) groups excluding carboxylic acids is 2. The van der Waals surface area contributed by atoms with E-state index < -0.39 is 0 Å². The van der Waals surface area contributed by atoms with E-state index in [1.54, 1.807) is 7.11 Å². The van der Waals surface area contributed by atoms with Gasteiger partial charge in [0.15, 0.2) is 0 Å². The molecular formula is C34H42BrN3O3. The second-order valence-electron chi connectivity index (χ2n) is 10.8. The molecule has 4 rings (SSSR count). The summed E-state index contributed by atoms with van der Waals surface area (Å²) in [5.74, 6) is 0.966. The van der Waals surface area contributed by atoms with Crippen molar-refractivity contribution in [3.8, 4) is 5.75 Å². The van der Waals surface area contributed by atoms with Gasteiger partial charge >= 0.3 is 0 Å². The van der Waals surface area contributed by atoms with Crippen LogP contribution in [0.5, 0.6) is 5.75 Å². The third-order valence-corrected chi connectivity index (χ3v) is 8.59. The Labute approximate surface area is 253 Å². The maximum atomic E-state index is 13.7. The fraction of sp³-hybridized carbons (Fsp3) is 0.412. The topological polar surface area (TPSA) is 61.9 Å². The van der Waals surface area contributed by atoms with E-state index in [2.05, 4.69) is 69.2 Å². The van der Waals surface area contributed by atoms with Crippen molar-refractivity contribution in [1.29, 1.82) is 0 Å². The van der Waals surface area contributed by atoms with Crippen molar-refractivity contribution < 1.29 is 14.3 Å². The van der Waals surface area contributed by atoms with E-state index in [0.717, 1.165) is 66.7 Å². The van der Waals surface area contributed by atoms with Crippen LogP contribution in [-0.4, -0.2) is 47.9 Å². The molecule has 6 nitrogen and oxygen atoms in total. The first-order valence-electron chi connectivity index (χ1n) is 14.7. The summed E-state index contributed by atoms with van der Waals surface area (Å²) in [6.07, 6.45) is 3.62. The van der Waals surface area contributed by atoms with Gasteiger partial charge < -0.3 is 15.0 Å². The Balaban J connectivity index is 1.37. The highest BCUT2D eigenvalue weighted by Crippen LogP contribution is 2.25. The first-order valence-corrected chi connectivity index (χ1v) is 15.5. The van der Waals surface area contributed by atoms with Crippen molar-refractivity contribution in [2.75, 3.05) is 20.2 Å². The summed E-state index contributed by atoms with van der Waals surface area (Å²) in [6.45, 7) is 8.08. The molecule has 0 bridgehead atoms. The minimum absolute atomic E-state index is 0.0395. The molecule has 0 spiro atoms. The normalized spacial score (nSPS) is 14.2. The Bertz CT molecular complexity index is 1270. The van der Waals surface area contributed by atoms with E-state index in [-0.39, 0.29) is 23.8 Å². The van der Waals surface area contributed by atoms with Gasteiger partial charge in [-0.15, -0.1) is 0 Å². The van der Waals surface area contributed by atoms with Crippen LogP contribution in [0.4, 0.5) is 0 Å². The Morgan fingerprint density at radius 1 is 0.951 bits per heavy atom. The predicted molar refractivity (Wildman–Crippen MR) is 168 cm³/mol. The number of halogens is 1. The van der Waals surface area contributed by atoms with E-state index in [0.29, 0.717) is 18.7 Å². The number of benzene rings is 3. The standard InChI is InChI=1S/C34H42BrN3O3/c1-4-28(5-2)34(40)38(31-17-19-37(20-18-31)23-27-7-6-8-30(35)21-27)24-26-9-13-29(14-10-26)33(39)36-22-25-11-15-32(41-3)16-12-25/h6-16,21,28,31H,4-5,17-20,22-24H2,1-3H3,(H,36,39). The summed E-state index contributed by atoms with van der Waals surface area (Å²) in [5.41, 5.74) is 3.97. The smallest absolute Gasteiger partial charge is 0.251 e. The first kappa shape index (κ1) is 30.8. The van der Waals surface area contributed by atoms with Gasteiger partial charge in [0, 0.05) is 54.7 Å². The molecule has 7 heteroatoms. The summed E-state index contributed by atoms with van der Waals surface area (Å²) in [6, 6.07) is 24.0. The molecule has 0 aliphatic carbocycles. The monoisotopic (exact) mass is 619 g/mol. The highest BCUT2D eigenvalue weighted by molar-refractivity contribution is 9.10. The number of ether oxygens (including phenoxy) is 1. The number of nitrogens with zero attached hydrogens (tertiary/aromatic N) is 2. The Morgan fingerprint density at radius 3 is 2.22 bits per heavy atom. The van der Waals surface area contributed by atoms with Gasteiger partial charge in [-0.25, -0.2) is 0 Å². The Kier molecular flexibility index (Phi) is 11.4. The van der Waals surface area contributed by atoms with Crippen LogP contribution in [-0.2, 0) is 24.4 Å². The van der Waals surface area contributed by atoms with E-state index in [1.165, 1.54) is 5.56 Å². The lowest BCUT2D eigenvalue weighted by atomic mass is 9.96. The molecule has 41 heavy (non-hydrogen) atoms. The fourth-order valence-electron chi connectivity index (χ4n) is 5.53. The van der Waals surface area contributed by atoms with Crippen LogP contribution in [0, 0.1) is 5.92 Å². The molecule has 218 valence electrons. The highest BCUT2D eigenvalue weighted by atomic mass is 79.9. The van der Waals surface area contributed by atoms with Gasteiger partial charge in [0.25, 0.3) is 5.91 Å². The number of hydrogen-bond acceptors (Lipinski definition) is 4. The molecule has 1 fully saturated rings. The molecule has 1 saturated heterocycles. The molecular weight excluding hydrogens is 578 g/mol. The summed E-state index contributed by atoms with van der Waals surface area (Å²) in [4.78, 5) is 31.1. The van der Waals surface area contributed by atoms with Gasteiger partial charge in [0.05, 0.1) is 7.11 Å². The number of carbonyl (C=O) groups is 2. The second kappa shape index (κ2) is 15.2. The number of rotatable bonds is 12. The second-order valence-corrected chi connectivity index (χ2v) is 11.8. The zero-order valence-corrected chi connectivity index (χ0v) is 26.0. The van der Waals surface area contributed by atoms with Crippen molar-refractivity contribution >= 4 is 27.7 Å². The molecule has 3 aromatic rings. The van der Waals surface area contributed by atoms with Gasteiger partial charge in [-0.2, -0.15) is 0 Å². The van der Waals surface area contributed by atoms with Crippen LogP contribution in [0.2, 0.25) is 0 Å². The number of piperidine rings is 1. The number of nitrogens with one attached hydrogen (secondary N) is 1. The van der Waals surface area contributed by atoms with Crippen LogP contribution in [0.25, 0.3) is 0 Å². The molecule has 0 aromatic heterocycles. The van der Waals surface area contributed by atoms with Crippen molar-refractivity contribution in [3.05, 3.63) is 99.5 Å². The zero-order chi connectivity index (χ0) is 29.2. The molecule has 0 unspecified atom stereocenters. The summed E-state index contributed by atoms with van der Waals surface area (Å²) in [7, 11) is 1.64. The molecule has 1 aliphatic heterocycles. The summed E-state index contributed by atoms with van der Waals surface area (Å²) in [5, 5.41) is 2.99. The summed E-state index contributed by atoms with van der Waals surface area (Å²) >= 11 is 3.58. The minimum atomic E-state index is -0.116. The minimum Gasteiger partial charge on any atom is -0.497 e. The predicted octanol–water partition coefficient (Wildman–Crippen LogP) is 6.82. The SMILES string of the molecule is CCC(CC)C(=O)N(Cc1ccc(C(=O)NCc2ccc(OC)cc2)cc1)C1CCN(Cc2cccc(Br)c2)CC1. The van der Waals surface area contributed by atoms with E-state index in [9.17, 15) is 9.59 Å². The average molecular weight is 621 g/mol. The van der Waals surface area contributed by atoms with Gasteiger partial charge in [-0.3, -0.25) is 14.5 Å². The van der Waals surface area contributed by atoms with Crippen LogP contribution >= 0.6 is 15.9 Å². The quantitative estimate of drug-likeness (QED) is 0.242. The lowest BCUT2D eigenvalue weighted by molar-refractivity contribution is -0.140. The van der Waals surface area contributed by atoms with Crippen LogP contribution in [0.1, 0.15) is 66.6 Å². The maximum Gasteiger partial charge on any atom is 0.251 e. The maximum absolute atomic E-state index is 13.7. The molecule has 1 N–H and O–H groups in total. The van der Waals surface area contributed by atoms with E-state index in [4.69, 9.17) is 4.74 Å². The van der Waals surface area contributed by atoms with E-state index in [1.807, 2.05) is 48.5 Å². The molecule has 0 radical (unpaired) electrons. The van der Waals surface area contributed by atoms with Crippen molar-refractivity contribution in [1.82, 2.24) is 15.1 Å². The first-order chi connectivity index (χ1) is 19.9. The lowest BCUT2D eigenvalue weighted by Crippen LogP contribution is -2.48. The molecule has 1 aliphatic rings. The van der Waals surface area contributed by atoms with Crippen LogP contribution < -0.4 is 10.1 Å². The summed E-state index contributed by atoms with van der Waals surface area (Å²) < 4.78 is 6.30. The molecule has 0 atom stereocenters. The fourth-order valence-corrected chi connectivity index (χ4v) is 5.97. The number of hydrogen-bond donors (Lipinski definition) is 1. The number of methoxy groups -OCH3 is 1. The Hall–Kier alpha value is -3.16. The van der Waals surface area contributed by atoms with E-state index >= 15 is 0 Å². The highest BCUT2D eigenvalue weighted by Gasteiger charge is 2.31. The molecule has 1 heterocycles. The zero-order valence-electron chi connectivity index (χ0n) is 24.4. The van der Waals surface area contributed by atoms with Crippen molar-refractivity contribution in [2.45, 2.75) is 65.2 Å². The molecule has 3 aromatic carbocycles. The van der Waals surface area contributed by atoms with Gasteiger partial charge in [-0.1, -0.05) is 66.2 Å². The molecule has 0 saturated carbocycles.